The lowest BCUT2D eigenvalue weighted by molar-refractivity contribution is -0.120. The van der Waals surface area contributed by atoms with Crippen molar-refractivity contribution in [3.05, 3.63) is 45.6 Å². The average molecular weight is 399 g/mol. The van der Waals surface area contributed by atoms with Crippen molar-refractivity contribution < 1.29 is 14.3 Å². The number of benzene rings is 1. The molecule has 1 aliphatic heterocycles. The molecule has 5 nitrogen and oxygen atoms in total. The summed E-state index contributed by atoms with van der Waals surface area (Å²) in [5.41, 5.74) is 1.95. The Balaban J connectivity index is 1.40. The molecule has 0 bridgehead atoms. The second-order valence-corrected chi connectivity index (χ2v) is 8.71. The third-order valence-corrected chi connectivity index (χ3v) is 6.89. The number of anilines is 1. The summed E-state index contributed by atoms with van der Waals surface area (Å²) in [6, 6.07) is 9.41. The van der Waals surface area contributed by atoms with Gasteiger partial charge in [-0.15, -0.1) is 11.3 Å². The predicted molar refractivity (Wildman–Crippen MR) is 111 cm³/mol. The monoisotopic (exact) mass is 398 g/mol. The molecule has 1 saturated heterocycles. The van der Waals surface area contributed by atoms with Gasteiger partial charge in [0.2, 0.25) is 5.91 Å². The fourth-order valence-electron chi connectivity index (χ4n) is 4.02. The van der Waals surface area contributed by atoms with E-state index in [2.05, 4.69) is 5.32 Å². The third-order valence-electron chi connectivity index (χ3n) is 5.67. The van der Waals surface area contributed by atoms with Crippen molar-refractivity contribution in [1.82, 2.24) is 4.90 Å². The van der Waals surface area contributed by atoms with Crippen molar-refractivity contribution in [2.24, 2.45) is 5.92 Å². The maximum absolute atomic E-state index is 12.8. The van der Waals surface area contributed by atoms with Crippen LogP contribution in [0, 0.1) is 5.92 Å². The second kappa shape index (κ2) is 8.35. The molecule has 2 heterocycles. The van der Waals surface area contributed by atoms with Gasteiger partial charge in [0.05, 0.1) is 12.0 Å². The molecule has 2 aromatic rings. The highest BCUT2D eigenvalue weighted by molar-refractivity contribution is 7.14. The van der Waals surface area contributed by atoms with E-state index in [9.17, 15) is 9.59 Å². The maximum Gasteiger partial charge on any atom is 0.263 e. The molecule has 0 spiro atoms. The minimum atomic E-state index is -0.0536. The van der Waals surface area contributed by atoms with Crippen molar-refractivity contribution in [1.29, 1.82) is 0 Å². The van der Waals surface area contributed by atoms with E-state index in [1.807, 2.05) is 35.2 Å². The standard InChI is InChI=1S/C22H26N2O3S/c1-27-18-8-6-17(7-9-18)23-21(25)15-5-10-19-16(13-15)14-20(28-19)22(26)24-11-3-2-4-12-24/h6-9,14-15H,2-5,10-13H2,1H3,(H,23,25)/t15-/m0/s1. The molecule has 1 aromatic carbocycles. The quantitative estimate of drug-likeness (QED) is 0.843. The van der Waals surface area contributed by atoms with Gasteiger partial charge in [0.1, 0.15) is 5.75 Å². The van der Waals surface area contributed by atoms with Crippen LogP contribution in [0.1, 0.15) is 45.8 Å². The van der Waals surface area contributed by atoms with Gasteiger partial charge in [-0.3, -0.25) is 9.59 Å². The van der Waals surface area contributed by atoms with Crippen LogP contribution < -0.4 is 10.1 Å². The van der Waals surface area contributed by atoms with Crippen LogP contribution >= 0.6 is 11.3 Å². The Kier molecular flexibility index (Phi) is 5.67. The van der Waals surface area contributed by atoms with Crippen molar-refractivity contribution in [2.75, 3.05) is 25.5 Å². The fraction of sp³-hybridized carbons (Fsp3) is 0.455. The Labute approximate surface area is 169 Å². The van der Waals surface area contributed by atoms with Gasteiger partial charge < -0.3 is 15.0 Å². The number of ether oxygens (including phenoxy) is 1. The number of nitrogens with one attached hydrogen (secondary N) is 1. The molecule has 148 valence electrons. The van der Waals surface area contributed by atoms with Crippen molar-refractivity contribution in [3.63, 3.8) is 0 Å². The largest absolute Gasteiger partial charge is 0.497 e. The van der Waals surface area contributed by atoms with Crippen LogP contribution in [0.4, 0.5) is 5.69 Å². The van der Waals surface area contributed by atoms with E-state index >= 15 is 0 Å². The average Bonchev–Trinajstić information content (AvgIpc) is 3.17. The van der Waals surface area contributed by atoms with Gasteiger partial charge in [0, 0.05) is 29.6 Å². The number of nitrogens with zero attached hydrogens (tertiary/aromatic N) is 1. The van der Waals surface area contributed by atoms with Gasteiger partial charge in [0.15, 0.2) is 0 Å². The number of hydrogen-bond donors (Lipinski definition) is 1. The summed E-state index contributed by atoms with van der Waals surface area (Å²) < 4.78 is 5.15. The first kappa shape index (κ1) is 19.0. The summed E-state index contributed by atoms with van der Waals surface area (Å²) in [6.07, 6.45) is 5.83. The highest BCUT2D eigenvalue weighted by Crippen LogP contribution is 2.34. The minimum absolute atomic E-state index is 0.0472. The number of likely N-dealkylation sites (tertiary alicyclic amines) is 1. The number of rotatable bonds is 4. The SMILES string of the molecule is COc1ccc(NC(=O)[C@H]2CCc3sc(C(=O)N4CCCCC4)cc3C2)cc1. The Morgan fingerprint density at radius 1 is 1.14 bits per heavy atom. The predicted octanol–water partition coefficient (Wildman–Crippen LogP) is 4.13. The third kappa shape index (κ3) is 4.07. The molecule has 0 unspecified atom stereocenters. The number of piperidine rings is 1. The number of carbonyl (C=O) groups is 2. The number of aryl methyl sites for hydroxylation is 1. The van der Waals surface area contributed by atoms with Crippen LogP contribution in [0.15, 0.2) is 30.3 Å². The first-order chi connectivity index (χ1) is 13.6. The Morgan fingerprint density at radius 3 is 2.61 bits per heavy atom. The van der Waals surface area contributed by atoms with Gasteiger partial charge in [-0.25, -0.2) is 0 Å². The Morgan fingerprint density at radius 2 is 1.89 bits per heavy atom. The minimum Gasteiger partial charge on any atom is -0.497 e. The summed E-state index contributed by atoms with van der Waals surface area (Å²) in [5, 5.41) is 3.01. The molecule has 1 N–H and O–H groups in total. The van der Waals surface area contributed by atoms with E-state index in [-0.39, 0.29) is 17.7 Å². The van der Waals surface area contributed by atoms with E-state index in [1.54, 1.807) is 18.4 Å². The summed E-state index contributed by atoms with van der Waals surface area (Å²) in [4.78, 5) is 29.6. The van der Waals surface area contributed by atoms with Gasteiger partial charge in [-0.05, 0) is 74.4 Å². The number of hydrogen-bond acceptors (Lipinski definition) is 4. The van der Waals surface area contributed by atoms with Crippen LogP contribution in [0.3, 0.4) is 0 Å². The summed E-state index contributed by atoms with van der Waals surface area (Å²) in [6.45, 7) is 1.74. The van der Waals surface area contributed by atoms with Gasteiger partial charge in [-0.2, -0.15) is 0 Å². The molecule has 1 fully saturated rings. The molecule has 1 aliphatic carbocycles. The fourth-order valence-corrected chi connectivity index (χ4v) is 5.20. The number of methoxy groups -OCH3 is 1. The van der Waals surface area contributed by atoms with Crippen molar-refractivity contribution in [3.8, 4) is 5.75 Å². The number of thiophene rings is 1. The van der Waals surface area contributed by atoms with Crippen LogP contribution in [0.25, 0.3) is 0 Å². The normalized spacial score (nSPS) is 19.0. The van der Waals surface area contributed by atoms with E-state index in [0.29, 0.717) is 6.42 Å². The summed E-state index contributed by atoms with van der Waals surface area (Å²) in [7, 11) is 1.62. The summed E-state index contributed by atoms with van der Waals surface area (Å²) in [5.74, 6) is 0.927. The van der Waals surface area contributed by atoms with Gasteiger partial charge in [-0.1, -0.05) is 0 Å². The lowest BCUT2D eigenvalue weighted by atomic mass is 9.87. The molecular weight excluding hydrogens is 372 g/mol. The maximum atomic E-state index is 12.8. The lowest BCUT2D eigenvalue weighted by Gasteiger charge is -2.26. The Hall–Kier alpha value is -2.34. The van der Waals surface area contributed by atoms with Crippen molar-refractivity contribution in [2.45, 2.75) is 38.5 Å². The second-order valence-electron chi connectivity index (χ2n) is 7.57. The topological polar surface area (TPSA) is 58.6 Å². The molecule has 6 heteroatoms. The van der Waals surface area contributed by atoms with Gasteiger partial charge >= 0.3 is 0 Å². The molecule has 0 saturated carbocycles. The molecule has 2 amide bonds. The van der Waals surface area contributed by atoms with E-state index in [0.717, 1.165) is 55.1 Å². The van der Waals surface area contributed by atoms with Crippen LogP contribution in [-0.2, 0) is 17.6 Å². The molecule has 28 heavy (non-hydrogen) atoms. The first-order valence-corrected chi connectivity index (χ1v) is 10.8. The molecule has 1 atom stereocenters. The molecule has 0 radical (unpaired) electrons. The van der Waals surface area contributed by atoms with E-state index in [4.69, 9.17) is 4.74 Å². The molecule has 4 rings (SSSR count). The zero-order chi connectivity index (χ0) is 19.5. The Bertz CT molecular complexity index is 853. The number of amides is 2. The van der Waals surface area contributed by atoms with E-state index < -0.39 is 0 Å². The molecule has 1 aromatic heterocycles. The zero-order valence-electron chi connectivity index (χ0n) is 16.2. The number of fused-ring (bicyclic) bond motifs is 1. The van der Waals surface area contributed by atoms with Crippen molar-refractivity contribution >= 4 is 28.8 Å². The van der Waals surface area contributed by atoms with Crippen LogP contribution in [0.2, 0.25) is 0 Å². The molecule has 2 aliphatic rings. The first-order valence-electron chi connectivity index (χ1n) is 10.00. The smallest absolute Gasteiger partial charge is 0.263 e. The van der Waals surface area contributed by atoms with Gasteiger partial charge in [0.25, 0.3) is 5.91 Å². The number of carbonyl (C=O) groups excluding carboxylic acids is 2. The van der Waals surface area contributed by atoms with E-state index in [1.165, 1.54) is 16.9 Å². The summed E-state index contributed by atoms with van der Waals surface area (Å²) >= 11 is 1.62. The zero-order valence-corrected chi connectivity index (χ0v) is 17.0. The highest BCUT2D eigenvalue weighted by atomic mass is 32.1. The van der Waals surface area contributed by atoms with Crippen LogP contribution in [0.5, 0.6) is 5.75 Å². The van der Waals surface area contributed by atoms with Crippen LogP contribution in [-0.4, -0.2) is 36.9 Å². The lowest BCUT2D eigenvalue weighted by Crippen LogP contribution is -2.35. The highest BCUT2D eigenvalue weighted by Gasteiger charge is 2.29. The molecular formula is C22H26N2O3S.